The van der Waals surface area contributed by atoms with Crippen molar-refractivity contribution in [3.05, 3.63) is 56.4 Å². The number of nitrogens with zero attached hydrogens (tertiary/aromatic N) is 2. The van der Waals surface area contributed by atoms with Gasteiger partial charge in [-0.3, -0.25) is 9.20 Å². The molecular weight excluding hydrogens is 360 g/mol. The molecule has 0 saturated heterocycles. The van der Waals surface area contributed by atoms with Crippen LogP contribution in [-0.4, -0.2) is 16.0 Å². The van der Waals surface area contributed by atoms with E-state index in [1.165, 1.54) is 29.5 Å². The second-order valence-corrected chi connectivity index (χ2v) is 6.20. The summed E-state index contributed by atoms with van der Waals surface area (Å²) in [5.41, 5.74) is 1.87. The van der Waals surface area contributed by atoms with Crippen molar-refractivity contribution in [2.24, 2.45) is 0 Å². The zero-order valence-corrected chi connectivity index (χ0v) is 14.0. The van der Waals surface area contributed by atoms with Crippen molar-refractivity contribution in [2.75, 3.05) is 5.32 Å². The number of benzene rings is 1. The van der Waals surface area contributed by atoms with Crippen LogP contribution in [0.15, 0.2) is 34.4 Å². The molecule has 0 atom stereocenters. The Labute approximate surface area is 144 Å². The molecular formula is C15H12ClF2N3O2S. The smallest absolute Gasteiger partial charge is 0.387 e. The van der Waals surface area contributed by atoms with Crippen molar-refractivity contribution < 1.29 is 13.5 Å². The summed E-state index contributed by atoms with van der Waals surface area (Å²) in [5, 5.41) is 4.98. The number of anilines is 1. The van der Waals surface area contributed by atoms with Gasteiger partial charge in [0, 0.05) is 22.8 Å². The third kappa shape index (κ3) is 3.49. The molecule has 1 N–H and O–H groups in total. The third-order valence-corrected chi connectivity index (χ3v) is 4.49. The number of fused-ring (bicyclic) bond motifs is 1. The largest absolute Gasteiger partial charge is 0.433 e. The molecule has 0 bridgehead atoms. The molecule has 2 heterocycles. The van der Waals surface area contributed by atoms with Crippen molar-refractivity contribution in [3.63, 3.8) is 0 Å². The molecule has 0 aliphatic rings. The molecule has 2 aromatic heterocycles. The number of ether oxygens (including phenoxy) is 1. The Morgan fingerprint density at radius 2 is 2.21 bits per heavy atom. The summed E-state index contributed by atoms with van der Waals surface area (Å²) in [5.74, 6) is -0.0935. The fourth-order valence-corrected chi connectivity index (χ4v) is 3.30. The normalized spacial score (nSPS) is 11.2. The Hall–Kier alpha value is -2.19. The van der Waals surface area contributed by atoms with Crippen LogP contribution in [0.5, 0.6) is 5.75 Å². The first-order valence-electron chi connectivity index (χ1n) is 6.89. The number of nitrogens with one attached hydrogen (secondary N) is 1. The molecule has 0 aliphatic heterocycles. The monoisotopic (exact) mass is 371 g/mol. The average Bonchev–Trinajstić information content (AvgIpc) is 2.89. The van der Waals surface area contributed by atoms with Gasteiger partial charge in [0.25, 0.3) is 5.56 Å². The van der Waals surface area contributed by atoms with Gasteiger partial charge in [-0.15, -0.1) is 11.3 Å². The number of alkyl halides is 2. The van der Waals surface area contributed by atoms with Gasteiger partial charge >= 0.3 is 6.61 Å². The van der Waals surface area contributed by atoms with Crippen molar-refractivity contribution in [2.45, 2.75) is 20.1 Å². The zero-order valence-electron chi connectivity index (χ0n) is 12.4. The molecule has 0 aliphatic carbocycles. The number of aryl methyl sites for hydroxylation is 1. The van der Waals surface area contributed by atoms with E-state index < -0.39 is 6.61 Å². The van der Waals surface area contributed by atoms with Crippen LogP contribution in [0.2, 0.25) is 5.02 Å². The lowest BCUT2D eigenvalue weighted by molar-refractivity contribution is -0.0497. The van der Waals surface area contributed by atoms with Crippen molar-refractivity contribution >= 4 is 33.6 Å². The molecule has 0 radical (unpaired) electrons. The van der Waals surface area contributed by atoms with E-state index in [9.17, 15) is 13.6 Å². The van der Waals surface area contributed by atoms with Crippen LogP contribution in [0.4, 0.5) is 14.5 Å². The summed E-state index contributed by atoms with van der Waals surface area (Å²) >= 11 is 7.29. The van der Waals surface area contributed by atoms with Gasteiger partial charge in [0.15, 0.2) is 4.96 Å². The minimum absolute atomic E-state index is 0.0673. The molecule has 1 aromatic carbocycles. The van der Waals surface area contributed by atoms with E-state index >= 15 is 0 Å². The Morgan fingerprint density at radius 3 is 2.92 bits per heavy atom. The SMILES string of the molecule is Cc1csc2nc(CNc3ccc(OC(F)F)c(Cl)c3)cc(=O)n12. The van der Waals surface area contributed by atoms with Crippen LogP contribution in [0, 0.1) is 6.92 Å². The highest BCUT2D eigenvalue weighted by atomic mass is 35.5. The predicted molar refractivity (Wildman–Crippen MR) is 89.5 cm³/mol. The second kappa shape index (κ2) is 6.74. The standard InChI is InChI=1S/C15H12ClF2N3O2S/c1-8-7-24-15-20-10(5-13(22)21(8)15)6-19-9-2-3-12(11(16)4-9)23-14(17)18/h2-5,7,14,19H,6H2,1H3. The zero-order chi connectivity index (χ0) is 17.3. The summed E-state index contributed by atoms with van der Waals surface area (Å²) in [6.45, 7) is -0.789. The van der Waals surface area contributed by atoms with Gasteiger partial charge < -0.3 is 10.1 Å². The van der Waals surface area contributed by atoms with Crippen LogP contribution < -0.4 is 15.6 Å². The molecule has 0 unspecified atom stereocenters. The molecule has 0 spiro atoms. The highest BCUT2D eigenvalue weighted by Gasteiger charge is 2.10. The summed E-state index contributed by atoms with van der Waals surface area (Å²) < 4.78 is 30.2. The topological polar surface area (TPSA) is 55.6 Å². The highest BCUT2D eigenvalue weighted by Crippen LogP contribution is 2.29. The summed E-state index contributed by atoms with van der Waals surface area (Å²) in [6.07, 6.45) is 0. The maximum Gasteiger partial charge on any atom is 0.387 e. The molecule has 0 saturated carbocycles. The van der Waals surface area contributed by atoms with E-state index in [1.807, 2.05) is 12.3 Å². The molecule has 9 heteroatoms. The number of hydrogen-bond acceptors (Lipinski definition) is 5. The number of aromatic nitrogens is 2. The van der Waals surface area contributed by atoms with Crippen molar-refractivity contribution in [1.29, 1.82) is 0 Å². The Bertz CT molecular complexity index is 942. The summed E-state index contributed by atoms with van der Waals surface area (Å²) in [7, 11) is 0. The van der Waals surface area contributed by atoms with Crippen LogP contribution in [0.3, 0.4) is 0 Å². The molecule has 126 valence electrons. The van der Waals surface area contributed by atoms with Crippen LogP contribution >= 0.6 is 22.9 Å². The van der Waals surface area contributed by atoms with E-state index in [1.54, 1.807) is 10.5 Å². The fourth-order valence-electron chi connectivity index (χ4n) is 2.19. The summed E-state index contributed by atoms with van der Waals surface area (Å²) in [4.78, 5) is 17.1. The lowest BCUT2D eigenvalue weighted by atomic mass is 10.3. The molecule has 24 heavy (non-hydrogen) atoms. The summed E-state index contributed by atoms with van der Waals surface area (Å²) in [6, 6.07) is 5.84. The quantitative estimate of drug-likeness (QED) is 0.738. The Balaban J connectivity index is 1.76. The second-order valence-electron chi connectivity index (χ2n) is 4.96. The minimum atomic E-state index is -2.93. The predicted octanol–water partition coefficient (Wildman–Crippen LogP) is 3.93. The number of rotatable bonds is 5. The number of hydrogen-bond donors (Lipinski definition) is 1. The van der Waals surface area contributed by atoms with Gasteiger partial charge in [-0.25, -0.2) is 4.98 Å². The van der Waals surface area contributed by atoms with E-state index in [4.69, 9.17) is 11.6 Å². The first-order valence-corrected chi connectivity index (χ1v) is 8.15. The van der Waals surface area contributed by atoms with E-state index in [0.717, 1.165) is 5.69 Å². The maximum atomic E-state index is 12.2. The van der Waals surface area contributed by atoms with Crippen LogP contribution in [0.1, 0.15) is 11.4 Å². The van der Waals surface area contributed by atoms with Gasteiger partial charge in [0.2, 0.25) is 0 Å². The lowest BCUT2D eigenvalue weighted by Gasteiger charge is -2.10. The number of thiazole rings is 1. The Morgan fingerprint density at radius 1 is 1.42 bits per heavy atom. The van der Waals surface area contributed by atoms with Gasteiger partial charge in [0.1, 0.15) is 5.75 Å². The van der Waals surface area contributed by atoms with Gasteiger partial charge in [-0.05, 0) is 25.1 Å². The van der Waals surface area contributed by atoms with E-state index in [2.05, 4.69) is 15.0 Å². The molecule has 3 rings (SSSR count). The van der Waals surface area contributed by atoms with Gasteiger partial charge in [-0.2, -0.15) is 8.78 Å². The van der Waals surface area contributed by atoms with Crippen molar-refractivity contribution in [3.8, 4) is 5.75 Å². The van der Waals surface area contributed by atoms with Gasteiger partial charge in [-0.1, -0.05) is 11.6 Å². The van der Waals surface area contributed by atoms with E-state index in [0.29, 0.717) is 22.9 Å². The average molecular weight is 372 g/mol. The lowest BCUT2D eigenvalue weighted by Crippen LogP contribution is -2.16. The molecule has 3 aromatic rings. The van der Waals surface area contributed by atoms with E-state index in [-0.39, 0.29) is 16.3 Å². The number of halogens is 3. The molecule has 0 amide bonds. The van der Waals surface area contributed by atoms with Crippen molar-refractivity contribution in [1.82, 2.24) is 9.38 Å². The van der Waals surface area contributed by atoms with Crippen LogP contribution in [0.25, 0.3) is 4.96 Å². The maximum absolute atomic E-state index is 12.2. The third-order valence-electron chi connectivity index (χ3n) is 3.25. The minimum Gasteiger partial charge on any atom is -0.433 e. The molecule has 5 nitrogen and oxygen atoms in total. The first-order chi connectivity index (χ1) is 11.4. The Kier molecular flexibility index (Phi) is 4.68. The highest BCUT2D eigenvalue weighted by molar-refractivity contribution is 7.15. The van der Waals surface area contributed by atoms with Crippen LogP contribution in [-0.2, 0) is 6.54 Å². The molecule has 0 fully saturated rings. The fraction of sp³-hybridized carbons (Fsp3) is 0.200. The first kappa shape index (κ1) is 16.7. The van der Waals surface area contributed by atoms with Gasteiger partial charge in [0.05, 0.1) is 17.3 Å².